The van der Waals surface area contributed by atoms with Gasteiger partial charge < -0.3 is 19.9 Å². The Morgan fingerprint density at radius 3 is 2.92 bits per heavy atom. The minimum absolute atomic E-state index is 0.0191. The highest BCUT2D eigenvalue weighted by Gasteiger charge is 2.30. The number of aromatic nitrogens is 1. The highest BCUT2D eigenvalue weighted by Crippen LogP contribution is 2.35. The summed E-state index contributed by atoms with van der Waals surface area (Å²) in [7, 11) is 1.65. The van der Waals surface area contributed by atoms with Crippen LogP contribution in [0.15, 0.2) is 47.4 Å². The molecule has 1 aliphatic carbocycles. The Bertz CT molecular complexity index is 816. The van der Waals surface area contributed by atoms with Crippen molar-refractivity contribution < 1.29 is 9.90 Å². The van der Waals surface area contributed by atoms with E-state index in [1.807, 2.05) is 18.2 Å². The van der Waals surface area contributed by atoms with Gasteiger partial charge in [-0.05, 0) is 42.5 Å². The number of pyridine rings is 1. The maximum Gasteiger partial charge on any atom is 0.322 e. The van der Waals surface area contributed by atoms with E-state index in [2.05, 4.69) is 11.4 Å². The molecule has 0 bridgehead atoms. The molecule has 1 aliphatic rings. The molecule has 0 saturated carbocycles. The Morgan fingerprint density at radius 1 is 1.32 bits per heavy atom. The van der Waals surface area contributed by atoms with Gasteiger partial charge in [-0.1, -0.05) is 24.3 Å². The number of urea groups is 1. The second-order valence-corrected chi connectivity index (χ2v) is 6.29. The van der Waals surface area contributed by atoms with Gasteiger partial charge in [-0.3, -0.25) is 4.79 Å². The summed E-state index contributed by atoms with van der Waals surface area (Å²) in [6.07, 6.45) is 3.93. The van der Waals surface area contributed by atoms with E-state index < -0.39 is 0 Å². The monoisotopic (exact) mass is 341 g/mol. The van der Waals surface area contributed by atoms with Crippen LogP contribution in [0.25, 0.3) is 0 Å². The molecular weight excluding hydrogens is 318 g/mol. The molecule has 0 saturated heterocycles. The average Bonchev–Trinajstić information content (AvgIpc) is 3.03. The fraction of sp³-hybridized carbons (Fsp3) is 0.368. The zero-order chi connectivity index (χ0) is 17.8. The molecule has 1 heterocycles. The molecule has 0 aliphatic heterocycles. The molecule has 2 N–H and O–H groups in total. The molecule has 2 aromatic rings. The van der Waals surface area contributed by atoms with Gasteiger partial charge in [0.05, 0.1) is 6.04 Å². The van der Waals surface area contributed by atoms with Crippen LogP contribution in [0.2, 0.25) is 0 Å². The van der Waals surface area contributed by atoms with Crippen molar-refractivity contribution in [3.63, 3.8) is 0 Å². The Balaban J connectivity index is 1.85. The van der Waals surface area contributed by atoms with Crippen molar-refractivity contribution in [2.75, 3.05) is 18.5 Å². The van der Waals surface area contributed by atoms with E-state index >= 15 is 0 Å². The lowest BCUT2D eigenvalue weighted by atomic mass is 10.1. The number of carbonyl (C=O) groups is 1. The maximum absolute atomic E-state index is 12.9. The summed E-state index contributed by atoms with van der Waals surface area (Å²) in [5, 5.41) is 11.9. The van der Waals surface area contributed by atoms with E-state index in [9.17, 15) is 14.7 Å². The zero-order valence-corrected chi connectivity index (χ0v) is 14.3. The van der Waals surface area contributed by atoms with Crippen molar-refractivity contribution in [2.24, 2.45) is 7.05 Å². The lowest BCUT2D eigenvalue weighted by Gasteiger charge is -2.29. The first-order chi connectivity index (χ1) is 12.1. The molecular formula is C19H23N3O3. The number of fused-ring (bicyclic) bond motifs is 1. The molecule has 1 unspecified atom stereocenters. The van der Waals surface area contributed by atoms with Gasteiger partial charge in [0.2, 0.25) is 0 Å². The molecule has 0 radical (unpaired) electrons. The van der Waals surface area contributed by atoms with Crippen molar-refractivity contribution in [1.29, 1.82) is 0 Å². The van der Waals surface area contributed by atoms with E-state index in [0.717, 1.165) is 18.4 Å². The number of hydrogen-bond acceptors (Lipinski definition) is 3. The van der Waals surface area contributed by atoms with Gasteiger partial charge in [-0.25, -0.2) is 4.79 Å². The van der Waals surface area contributed by atoms with Gasteiger partial charge in [0, 0.05) is 26.4 Å². The lowest BCUT2D eigenvalue weighted by Crippen LogP contribution is -2.39. The smallest absolute Gasteiger partial charge is 0.322 e. The molecule has 6 heteroatoms. The van der Waals surface area contributed by atoms with E-state index in [1.54, 1.807) is 30.3 Å². The fourth-order valence-electron chi connectivity index (χ4n) is 3.38. The molecule has 0 fully saturated rings. The summed E-state index contributed by atoms with van der Waals surface area (Å²) in [6, 6.07) is 11.1. The molecule has 6 nitrogen and oxygen atoms in total. The Labute approximate surface area is 146 Å². The van der Waals surface area contributed by atoms with Crippen molar-refractivity contribution >= 4 is 11.7 Å². The predicted molar refractivity (Wildman–Crippen MR) is 96.6 cm³/mol. The van der Waals surface area contributed by atoms with Crippen LogP contribution in [0.3, 0.4) is 0 Å². The highest BCUT2D eigenvalue weighted by atomic mass is 16.3. The number of aliphatic hydroxyl groups excluding tert-OH is 1. The van der Waals surface area contributed by atoms with E-state index in [0.29, 0.717) is 13.0 Å². The first-order valence-electron chi connectivity index (χ1n) is 8.53. The molecule has 3 rings (SSSR count). The summed E-state index contributed by atoms with van der Waals surface area (Å²) in [4.78, 5) is 26.7. The van der Waals surface area contributed by atoms with Crippen LogP contribution in [0, 0.1) is 0 Å². The zero-order valence-electron chi connectivity index (χ0n) is 14.3. The van der Waals surface area contributed by atoms with Crippen molar-refractivity contribution in [1.82, 2.24) is 9.47 Å². The second kappa shape index (κ2) is 7.53. The number of hydrogen-bond donors (Lipinski definition) is 2. The molecule has 132 valence electrons. The van der Waals surface area contributed by atoms with Crippen molar-refractivity contribution in [3.05, 3.63) is 64.1 Å². The third kappa shape index (κ3) is 3.58. The van der Waals surface area contributed by atoms with Crippen LogP contribution in [0.1, 0.15) is 30.0 Å². The third-order valence-corrected chi connectivity index (χ3v) is 4.66. The fourth-order valence-corrected chi connectivity index (χ4v) is 3.38. The Hall–Kier alpha value is -2.60. The molecule has 2 amide bonds. The molecule has 0 spiro atoms. The van der Waals surface area contributed by atoms with Crippen LogP contribution < -0.4 is 10.9 Å². The largest absolute Gasteiger partial charge is 0.396 e. The summed E-state index contributed by atoms with van der Waals surface area (Å²) in [5.74, 6) is 0. The molecule has 1 atom stereocenters. The number of benzene rings is 1. The Morgan fingerprint density at radius 2 is 2.12 bits per heavy atom. The van der Waals surface area contributed by atoms with Crippen LogP contribution in [0.5, 0.6) is 0 Å². The summed E-state index contributed by atoms with van der Waals surface area (Å²) < 4.78 is 1.43. The number of nitrogens with one attached hydrogen (secondary N) is 1. The SMILES string of the molecule is Cn1cccc(NC(=O)N(CCCO)C2CCc3ccccc32)c1=O. The second-order valence-electron chi connectivity index (χ2n) is 6.29. The van der Waals surface area contributed by atoms with E-state index in [1.165, 1.54) is 10.1 Å². The first-order valence-corrected chi connectivity index (χ1v) is 8.53. The summed E-state index contributed by atoms with van der Waals surface area (Å²) in [5.41, 5.74) is 2.42. The predicted octanol–water partition coefficient (Wildman–Crippen LogP) is 2.29. The number of aryl methyl sites for hydroxylation is 2. The standard InChI is InChI=1S/C19H23N3O3/c1-21-11-4-8-16(18(21)24)20-19(25)22(12-5-13-23)17-10-9-14-6-2-3-7-15(14)17/h2-4,6-8,11,17,23H,5,9-10,12-13H2,1H3,(H,20,25). The van der Waals surface area contributed by atoms with Gasteiger partial charge >= 0.3 is 6.03 Å². The van der Waals surface area contributed by atoms with Crippen molar-refractivity contribution in [3.8, 4) is 0 Å². The lowest BCUT2D eigenvalue weighted by molar-refractivity contribution is 0.177. The quantitative estimate of drug-likeness (QED) is 0.876. The normalized spacial score (nSPS) is 15.7. The van der Waals surface area contributed by atoms with Gasteiger partial charge in [0.1, 0.15) is 5.69 Å². The van der Waals surface area contributed by atoms with E-state index in [-0.39, 0.29) is 29.9 Å². The minimum Gasteiger partial charge on any atom is -0.396 e. The van der Waals surface area contributed by atoms with Gasteiger partial charge in [0.15, 0.2) is 0 Å². The number of rotatable bonds is 5. The maximum atomic E-state index is 12.9. The third-order valence-electron chi connectivity index (χ3n) is 4.66. The van der Waals surface area contributed by atoms with Crippen LogP contribution in [-0.4, -0.2) is 33.8 Å². The number of anilines is 1. The van der Waals surface area contributed by atoms with Crippen molar-refractivity contribution in [2.45, 2.75) is 25.3 Å². The minimum atomic E-state index is -0.307. The van der Waals surface area contributed by atoms with E-state index in [4.69, 9.17) is 0 Å². The summed E-state index contributed by atoms with van der Waals surface area (Å²) in [6.45, 7) is 0.458. The van der Waals surface area contributed by atoms with Crippen LogP contribution in [-0.2, 0) is 13.5 Å². The van der Waals surface area contributed by atoms with Crippen LogP contribution in [0.4, 0.5) is 10.5 Å². The number of aliphatic hydroxyl groups is 1. The van der Waals surface area contributed by atoms with Crippen LogP contribution >= 0.6 is 0 Å². The molecule has 1 aromatic carbocycles. The number of amides is 2. The average molecular weight is 341 g/mol. The number of carbonyl (C=O) groups excluding carboxylic acids is 1. The topological polar surface area (TPSA) is 74.6 Å². The highest BCUT2D eigenvalue weighted by molar-refractivity contribution is 5.89. The van der Waals surface area contributed by atoms with Gasteiger partial charge in [-0.15, -0.1) is 0 Å². The van der Waals surface area contributed by atoms with Gasteiger partial charge in [0.25, 0.3) is 5.56 Å². The first kappa shape index (κ1) is 17.2. The molecule has 1 aromatic heterocycles. The van der Waals surface area contributed by atoms with Gasteiger partial charge in [-0.2, -0.15) is 0 Å². The summed E-state index contributed by atoms with van der Waals surface area (Å²) >= 11 is 0. The molecule has 25 heavy (non-hydrogen) atoms. The Kier molecular flexibility index (Phi) is 5.19. The number of nitrogens with zero attached hydrogens (tertiary/aromatic N) is 2.